The number of likely N-dealkylation sites (tertiary alicyclic amines) is 1. The summed E-state index contributed by atoms with van der Waals surface area (Å²) in [5.41, 5.74) is 6.06. The molecule has 2 unspecified atom stereocenters. The molecule has 21 heavy (non-hydrogen) atoms. The lowest BCUT2D eigenvalue weighted by Crippen LogP contribution is -2.45. The quantitative estimate of drug-likeness (QED) is 0.684. The molecule has 0 spiro atoms. The molecule has 2 N–H and O–H groups in total. The van der Waals surface area contributed by atoms with E-state index in [0.717, 1.165) is 25.5 Å². The van der Waals surface area contributed by atoms with Gasteiger partial charge in [-0.1, -0.05) is 6.92 Å². The summed E-state index contributed by atoms with van der Waals surface area (Å²) in [5, 5.41) is 10.6. The van der Waals surface area contributed by atoms with E-state index in [4.69, 9.17) is 5.73 Å². The highest BCUT2D eigenvalue weighted by atomic mass is 35.5. The fourth-order valence-corrected chi connectivity index (χ4v) is 2.75. The molecule has 1 aliphatic rings. The van der Waals surface area contributed by atoms with Crippen LogP contribution < -0.4 is 5.73 Å². The summed E-state index contributed by atoms with van der Waals surface area (Å²) in [7, 11) is 0. The Morgan fingerprint density at radius 1 is 1.52 bits per heavy atom. The standard InChI is InChI=1S/C14H20FN3O2.ClH/c1-10-4-5-17(13(6-10)8-16)9-11-2-3-12(18(19)20)7-14(11)15;/h2-3,7,10,13H,4-6,8-9,16H2,1H3;1H. The monoisotopic (exact) mass is 317 g/mol. The maximum absolute atomic E-state index is 13.9. The third-order valence-electron chi connectivity index (χ3n) is 3.99. The lowest BCUT2D eigenvalue weighted by molar-refractivity contribution is -0.385. The molecule has 0 aliphatic carbocycles. The Labute approximate surface area is 129 Å². The number of rotatable bonds is 4. The van der Waals surface area contributed by atoms with E-state index in [1.165, 1.54) is 12.1 Å². The third kappa shape index (κ3) is 4.36. The van der Waals surface area contributed by atoms with Crippen LogP contribution in [0.15, 0.2) is 18.2 Å². The number of benzene rings is 1. The highest BCUT2D eigenvalue weighted by Gasteiger charge is 2.26. The van der Waals surface area contributed by atoms with Gasteiger partial charge in [0.1, 0.15) is 5.82 Å². The summed E-state index contributed by atoms with van der Waals surface area (Å²) in [5.74, 6) is 0.120. The highest BCUT2D eigenvalue weighted by Crippen LogP contribution is 2.25. The van der Waals surface area contributed by atoms with Gasteiger partial charge in [0.25, 0.3) is 5.69 Å². The number of halogens is 2. The molecule has 1 aromatic carbocycles. The molecule has 7 heteroatoms. The molecule has 1 fully saturated rings. The van der Waals surface area contributed by atoms with Crippen LogP contribution >= 0.6 is 12.4 Å². The van der Waals surface area contributed by atoms with Crippen molar-refractivity contribution >= 4 is 18.1 Å². The Hall–Kier alpha value is -1.24. The predicted octanol–water partition coefficient (Wildman–Crippen LogP) is 2.71. The maximum Gasteiger partial charge on any atom is 0.272 e. The molecular weight excluding hydrogens is 297 g/mol. The summed E-state index contributed by atoms with van der Waals surface area (Å²) in [6, 6.07) is 4.09. The van der Waals surface area contributed by atoms with Gasteiger partial charge in [0.05, 0.1) is 11.0 Å². The molecule has 1 aliphatic heterocycles. The second-order valence-corrected chi connectivity index (χ2v) is 5.52. The van der Waals surface area contributed by atoms with Crippen LogP contribution in [0, 0.1) is 21.8 Å². The first kappa shape index (κ1) is 17.8. The summed E-state index contributed by atoms with van der Waals surface area (Å²) in [6.07, 6.45) is 2.09. The van der Waals surface area contributed by atoms with Crippen LogP contribution in [0.5, 0.6) is 0 Å². The van der Waals surface area contributed by atoms with E-state index >= 15 is 0 Å². The van der Waals surface area contributed by atoms with E-state index < -0.39 is 10.7 Å². The molecule has 118 valence electrons. The van der Waals surface area contributed by atoms with Crippen molar-refractivity contribution in [1.82, 2.24) is 4.90 Å². The fraction of sp³-hybridized carbons (Fsp3) is 0.571. The summed E-state index contributed by atoms with van der Waals surface area (Å²) < 4.78 is 13.9. The molecule has 0 radical (unpaired) electrons. The zero-order valence-corrected chi connectivity index (χ0v) is 12.8. The van der Waals surface area contributed by atoms with Gasteiger partial charge >= 0.3 is 0 Å². The van der Waals surface area contributed by atoms with Gasteiger partial charge in [0.2, 0.25) is 0 Å². The second-order valence-electron chi connectivity index (χ2n) is 5.52. The molecule has 5 nitrogen and oxygen atoms in total. The SMILES string of the molecule is CC1CCN(Cc2ccc([N+](=O)[O-])cc2F)C(CN)C1.Cl. The lowest BCUT2D eigenvalue weighted by Gasteiger charge is -2.38. The molecule has 0 saturated carbocycles. The van der Waals surface area contributed by atoms with Gasteiger partial charge < -0.3 is 5.73 Å². The van der Waals surface area contributed by atoms with E-state index in [9.17, 15) is 14.5 Å². The van der Waals surface area contributed by atoms with E-state index in [2.05, 4.69) is 11.8 Å². The van der Waals surface area contributed by atoms with Crippen molar-refractivity contribution in [1.29, 1.82) is 0 Å². The average molecular weight is 318 g/mol. The van der Waals surface area contributed by atoms with Gasteiger partial charge in [-0.3, -0.25) is 15.0 Å². The van der Waals surface area contributed by atoms with Crippen molar-refractivity contribution in [2.24, 2.45) is 11.7 Å². The van der Waals surface area contributed by atoms with E-state index in [0.29, 0.717) is 24.6 Å². The molecule has 2 rings (SSSR count). The lowest BCUT2D eigenvalue weighted by atomic mass is 9.92. The molecule has 0 aromatic heterocycles. The fourth-order valence-electron chi connectivity index (χ4n) is 2.75. The van der Waals surface area contributed by atoms with Crippen LogP contribution in [0.3, 0.4) is 0 Å². The molecule has 0 amide bonds. The first-order valence-electron chi connectivity index (χ1n) is 6.88. The zero-order chi connectivity index (χ0) is 14.7. The first-order chi connectivity index (χ1) is 9.51. The van der Waals surface area contributed by atoms with E-state index in [1.54, 1.807) is 0 Å². The Kier molecular flexibility index (Phi) is 6.51. The van der Waals surface area contributed by atoms with Crippen molar-refractivity contribution in [2.75, 3.05) is 13.1 Å². The number of nitro groups is 1. The number of non-ortho nitro benzene ring substituents is 1. The van der Waals surface area contributed by atoms with Crippen molar-refractivity contribution < 1.29 is 9.31 Å². The number of nitrogens with zero attached hydrogens (tertiary/aromatic N) is 2. The smallest absolute Gasteiger partial charge is 0.272 e. The molecular formula is C14H21ClFN3O2. The van der Waals surface area contributed by atoms with Gasteiger partial charge in [0, 0.05) is 30.8 Å². The summed E-state index contributed by atoms with van der Waals surface area (Å²) in [6.45, 7) is 4.10. The van der Waals surface area contributed by atoms with Crippen molar-refractivity contribution in [3.63, 3.8) is 0 Å². The molecule has 1 heterocycles. The van der Waals surface area contributed by atoms with Crippen molar-refractivity contribution in [2.45, 2.75) is 32.4 Å². The summed E-state index contributed by atoms with van der Waals surface area (Å²) >= 11 is 0. The maximum atomic E-state index is 13.9. The number of hydrogen-bond donors (Lipinski definition) is 1. The number of nitrogens with two attached hydrogens (primary N) is 1. The number of nitro benzene ring substituents is 1. The molecule has 0 bridgehead atoms. The topological polar surface area (TPSA) is 72.4 Å². The molecule has 1 saturated heterocycles. The van der Waals surface area contributed by atoms with Gasteiger partial charge in [-0.15, -0.1) is 12.4 Å². The Bertz CT molecular complexity index is 501. The molecule has 2 atom stereocenters. The number of hydrogen-bond acceptors (Lipinski definition) is 4. The minimum absolute atomic E-state index is 0. The van der Waals surface area contributed by atoms with Crippen LogP contribution in [-0.2, 0) is 6.54 Å². The highest BCUT2D eigenvalue weighted by molar-refractivity contribution is 5.85. The van der Waals surface area contributed by atoms with Crippen LogP contribution in [0.2, 0.25) is 0 Å². The van der Waals surface area contributed by atoms with E-state index in [1.807, 2.05) is 0 Å². The Balaban J connectivity index is 0.00000220. The summed E-state index contributed by atoms with van der Waals surface area (Å²) in [4.78, 5) is 12.2. The van der Waals surface area contributed by atoms with Crippen molar-refractivity contribution in [3.05, 3.63) is 39.7 Å². The van der Waals surface area contributed by atoms with Crippen molar-refractivity contribution in [3.8, 4) is 0 Å². The minimum atomic E-state index is -0.585. The van der Waals surface area contributed by atoms with Gasteiger partial charge in [-0.05, 0) is 31.4 Å². The van der Waals surface area contributed by atoms with Crippen LogP contribution in [0.1, 0.15) is 25.3 Å². The number of piperidine rings is 1. The zero-order valence-electron chi connectivity index (χ0n) is 12.0. The molecule has 1 aromatic rings. The van der Waals surface area contributed by atoms with Crippen LogP contribution in [-0.4, -0.2) is 29.0 Å². The normalized spacial score (nSPS) is 22.6. The van der Waals surface area contributed by atoms with Crippen LogP contribution in [0.4, 0.5) is 10.1 Å². The van der Waals surface area contributed by atoms with Gasteiger partial charge in [0.15, 0.2) is 0 Å². The van der Waals surface area contributed by atoms with Gasteiger partial charge in [-0.25, -0.2) is 4.39 Å². The second kappa shape index (κ2) is 7.68. The van der Waals surface area contributed by atoms with Crippen LogP contribution in [0.25, 0.3) is 0 Å². The van der Waals surface area contributed by atoms with Gasteiger partial charge in [-0.2, -0.15) is 0 Å². The largest absolute Gasteiger partial charge is 0.329 e. The minimum Gasteiger partial charge on any atom is -0.329 e. The van der Waals surface area contributed by atoms with E-state index in [-0.39, 0.29) is 24.1 Å². The predicted molar refractivity (Wildman–Crippen MR) is 82.0 cm³/mol. The average Bonchev–Trinajstić information content (AvgIpc) is 2.42. The first-order valence-corrected chi connectivity index (χ1v) is 6.88. The third-order valence-corrected chi connectivity index (χ3v) is 3.99. The Morgan fingerprint density at radius 3 is 2.81 bits per heavy atom. The Morgan fingerprint density at radius 2 is 2.24 bits per heavy atom.